The van der Waals surface area contributed by atoms with E-state index < -0.39 is 0 Å². The number of rotatable bonds is 4. The van der Waals surface area contributed by atoms with E-state index in [9.17, 15) is 4.79 Å². The van der Waals surface area contributed by atoms with Gasteiger partial charge < -0.3 is 4.90 Å². The number of anilines is 1. The van der Waals surface area contributed by atoms with E-state index in [1.54, 1.807) is 0 Å². The first-order chi connectivity index (χ1) is 13.2. The zero-order valence-corrected chi connectivity index (χ0v) is 16.1. The van der Waals surface area contributed by atoms with Crippen molar-refractivity contribution in [1.29, 1.82) is 0 Å². The summed E-state index contributed by atoms with van der Waals surface area (Å²) in [6, 6.07) is 20.2. The number of carbonyl (C=O) groups excluding carboxylic acids is 1. The van der Waals surface area contributed by atoms with Crippen molar-refractivity contribution in [2.24, 2.45) is 0 Å². The average Bonchev–Trinajstić information content (AvgIpc) is 2.72. The molecule has 0 spiro atoms. The Hall–Kier alpha value is -2.66. The Labute approximate surface area is 163 Å². The van der Waals surface area contributed by atoms with Gasteiger partial charge in [-0.3, -0.25) is 4.79 Å². The number of nitrogens with zero attached hydrogens (tertiary/aromatic N) is 3. The van der Waals surface area contributed by atoms with Gasteiger partial charge in [-0.05, 0) is 37.5 Å². The molecule has 0 N–H and O–H groups in total. The first kappa shape index (κ1) is 17.7. The number of hydrogen-bond acceptors (Lipinski definition) is 4. The van der Waals surface area contributed by atoms with Gasteiger partial charge in [0.15, 0.2) is 5.16 Å². The standard InChI is InChI=1S/C22H21N3OS/c1-16-14-19(17-8-3-2-4-9-17)24-22(23-16)27-15-21(26)25-13-7-11-18-10-5-6-12-20(18)25/h2-6,8-10,12,14H,7,11,13,15H2,1H3. The topological polar surface area (TPSA) is 46.1 Å². The molecule has 0 unspecified atom stereocenters. The molecule has 0 aliphatic carbocycles. The largest absolute Gasteiger partial charge is 0.311 e. The number of thioether (sulfide) groups is 1. The number of aromatic nitrogens is 2. The van der Waals surface area contributed by atoms with Crippen LogP contribution in [-0.2, 0) is 11.2 Å². The van der Waals surface area contributed by atoms with Gasteiger partial charge in [-0.2, -0.15) is 0 Å². The van der Waals surface area contributed by atoms with Gasteiger partial charge >= 0.3 is 0 Å². The minimum absolute atomic E-state index is 0.110. The number of fused-ring (bicyclic) bond motifs is 1. The minimum Gasteiger partial charge on any atom is -0.311 e. The molecule has 2 heterocycles. The molecule has 5 heteroatoms. The lowest BCUT2D eigenvalue weighted by Crippen LogP contribution is -2.36. The first-order valence-corrected chi connectivity index (χ1v) is 10.1. The molecule has 0 fully saturated rings. The molecule has 27 heavy (non-hydrogen) atoms. The second-order valence-corrected chi connectivity index (χ2v) is 7.55. The highest BCUT2D eigenvalue weighted by molar-refractivity contribution is 7.99. The molecule has 4 nitrogen and oxygen atoms in total. The summed E-state index contributed by atoms with van der Waals surface area (Å²) in [5.74, 6) is 0.449. The fourth-order valence-corrected chi connectivity index (χ4v) is 4.14. The van der Waals surface area contributed by atoms with E-state index in [0.717, 1.165) is 42.0 Å². The van der Waals surface area contributed by atoms with Crippen LogP contribution in [0.25, 0.3) is 11.3 Å². The monoisotopic (exact) mass is 375 g/mol. The van der Waals surface area contributed by atoms with Crippen molar-refractivity contribution in [3.05, 3.63) is 71.9 Å². The lowest BCUT2D eigenvalue weighted by molar-refractivity contribution is -0.116. The molecule has 0 saturated carbocycles. The number of benzene rings is 2. The van der Waals surface area contributed by atoms with Gasteiger partial charge in [0, 0.05) is 23.5 Å². The van der Waals surface area contributed by atoms with Crippen LogP contribution in [0.15, 0.2) is 65.8 Å². The van der Waals surface area contributed by atoms with E-state index in [0.29, 0.717) is 10.9 Å². The van der Waals surface area contributed by atoms with Gasteiger partial charge in [0.2, 0.25) is 5.91 Å². The molecule has 0 bridgehead atoms. The van der Waals surface area contributed by atoms with Crippen LogP contribution in [0.4, 0.5) is 5.69 Å². The van der Waals surface area contributed by atoms with Crippen molar-refractivity contribution in [2.75, 3.05) is 17.2 Å². The third-order valence-corrected chi connectivity index (χ3v) is 5.47. The second kappa shape index (κ2) is 7.92. The van der Waals surface area contributed by atoms with Crippen molar-refractivity contribution >= 4 is 23.4 Å². The Balaban J connectivity index is 1.49. The molecule has 1 aliphatic rings. The van der Waals surface area contributed by atoms with Crippen molar-refractivity contribution in [2.45, 2.75) is 24.9 Å². The third-order valence-electron chi connectivity index (χ3n) is 4.64. The maximum absolute atomic E-state index is 12.8. The van der Waals surface area contributed by atoms with Crippen LogP contribution in [0.5, 0.6) is 0 Å². The highest BCUT2D eigenvalue weighted by Crippen LogP contribution is 2.28. The van der Waals surface area contributed by atoms with E-state index in [-0.39, 0.29) is 5.91 Å². The molecule has 0 saturated heterocycles. The molecule has 1 aromatic heterocycles. The number of para-hydroxylation sites is 1. The highest BCUT2D eigenvalue weighted by Gasteiger charge is 2.22. The summed E-state index contributed by atoms with van der Waals surface area (Å²) in [6.45, 7) is 2.74. The predicted octanol–water partition coefficient (Wildman–Crippen LogP) is 4.52. The van der Waals surface area contributed by atoms with Gasteiger partial charge in [0.05, 0.1) is 11.4 Å². The maximum Gasteiger partial charge on any atom is 0.237 e. The van der Waals surface area contributed by atoms with Crippen molar-refractivity contribution < 1.29 is 4.79 Å². The summed E-state index contributed by atoms with van der Waals surface area (Å²) in [4.78, 5) is 23.9. The zero-order valence-electron chi connectivity index (χ0n) is 15.3. The van der Waals surface area contributed by atoms with Crippen molar-refractivity contribution in [1.82, 2.24) is 9.97 Å². The molecule has 3 aromatic rings. The number of hydrogen-bond donors (Lipinski definition) is 0. The SMILES string of the molecule is Cc1cc(-c2ccccc2)nc(SCC(=O)N2CCCc3ccccc32)n1. The Kier molecular flexibility index (Phi) is 5.21. The fourth-order valence-electron chi connectivity index (χ4n) is 3.36. The zero-order chi connectivity index (χ0) is 18.6. The van der Waals surface area contributed by atoms with Crippen LogP contribution in [0.3, 0.4) is 0 Å². The summed E-state index contributed by atoms with van der Waals surface area (Å²) >= 11 is 1.41. The molecule has 136 valence electrons. The fraction of sp³-hybridized carbons (Fsp3) is 0.227. The third kappa shape index (κ3) is 4.03. The summed E-state index contributed by atoms with van der Waals surface area (Å²) in [7, 11) is 0. The van der Waals surface area contributed by atoms with E-state index in [4.69, 9.17) is 0 Å². The molecule has 0 atom stereocenters. The molecule has 0 radical (unpaired) electrons. The number of carbonyl (C=O) groups is 1. The highest BCUT2D eigenvalue weighted by atomic mass is 32.2. The quantitative estimate of drug-likeness (QED) is 0.497. The van der Waals surface area contributed by atoms with Crippen LogP contribution in [0, 0.1) is 6.92 Å². The molecular formula is C22H21N3OS. The van der Waals surface area contributed by atoms with Crippen LogP contribution in [0.1, 0.15) is 17.7 Å². The van der Waals surface area contributed by atoms with E-state index in [1.807, 2.05) is 66.4 Å². The van der Waals surface area contributed by atoms with Crippen LogP contribution in [0.2, 0.25) is 0 Å². The minimum atomic E-state index is 0.110. The Morgan fingerprint density at radius 1 is 1.07 bits per heavy atom. The summed E-state index contributed by atoms with van der Waals surface area (Å²) in [5.41, 5.74) is 5.15. The van der Waals surface area contributed by atoms with Crippen molar-refractivity contribution in [3.63, 3.8) is 0 Å². The van der Waals surface area contributed by atoms with Crippen LogP contribution < -0.4 is 4.90 Å². The average molecular weight is 375 g/mol. The Bertz CT molecular complexity index is 959. The molecule has 4 rings (SSSR count). The molecule has 1 amide bonds. The number of aryl methyl sites for hydroxylation is 2. The molecule has 2 aromatic carbocycles. The van der Waals surface area contributed by atoms with E-state index >= 15 is 0 Å². The summed E-state index contributed by atoms with van der Waals surface area (Å²) < 4.78 is 0. The van der Waals surface area contributed by atoms with E-state index in [2.05, 4.69) is 16.0 Å². The smallest absolute Gasteiger partial charge is 0.237 e. The van der Waals surface area contributed by atoms with Gasteiger partial charge in [-0.25, -0.2) is 9.97 Å². The molecule has 1 aliphatic heterocycles. The first-order valence-electron chi connectivity index (χ1n) is 9.13. The van der Waals surface area contributed by atoms with Gasteiger partial charge in [-0.15, -0.1) is 0 Å². The Morgan fingerprint density at radius 3 is 2.70 bits per heavy atom. The molecular weight excluding hydrogens is 354 g/mol. The predicted molar refractivity (Wildman–Crippen MR) is 110 cm³/mol. The normalized spacial score (nSPS) is 13.3. The Morgan fingerprint density at radius 2 is 1.85 bits per heavy atom. The summed E-state index contributed by atoms with van der Waals surface area (Å²) in [5, 5.41) is 0.646. The number of amides is 1. The van der Waals surface area contributed by atoms with Gasteiger partial charge in [0.25, 0.3) is 0 Å². The summed E-state index contributed by atoms with van der Waals surface area (Å²) in [6.07, 6.45) is 2.04. The van der Waals surface area contributed by atoms with Gasteiger partial charge in [-0.1, -0.05) is 60.3 Å². The van der Waals surface area contributed by atoms with E-state index in [1.165, 1.54) is 17.3 Å². The lowest BCUT2D eigenvalue weighted by atomic mass is 10.0. The van der Waals surface area contributed by atoms with Gasteiger partial charge in [0.1, 0.15) is 0 Å². The maximum atomic E-state index is 12.8. The van der Waals surface area contributed by atoms with Crippen molar-refractivity contribution in [3.8, 4) is 11.3 Å². The van der Waals surface area contributed by atoms with Crippen LogP contribution in [-0.4, -0.2) is 28.2 Å². The second-order valence-electron chi connectivity index (χ2n) is 6.61. The lowest BCUT2D eigenvalue weighted by Gasteiger charge is -2.29. The van der Waals surface area contributed by atoms with Crippen LogP contribution >= 0.6 is 11.8 Å².